The lowest BCUT2D eigenvalue weighted by Gasteiger charge is -2.05. The number of rotatable bonds is 3. The van der Waals surface area contributed by atoms with E-state index in [-0.39, 0.29) is 0 Å². The molecule has 5 heteroatoms. The Labute approximate surface area is 102 Å². The summed E-state index contributed by atoms with van der Waals surface area (Å²) < 4.78 is 25.9. The van der Waals surface area contributed by atoms with E-state index in [2.05, 4.69) is 4.98 Å². The minimum atomic E-state index is -0.566. The van der Waals surface area contributed by atoms with Crippen LogP contribution in [0.15, 0.2) is 41.6 Å². The van der Waals surface area contributed by atoms with Crippen LogP contribution in [-0.2, 0) is 5.75 Å². The van der Waals surface area contributed by atoms with Crippen LogP contribution in [0, 0.1) is 11.6 Å². The lowest BCUT2D eigenvalue weighted by molar-refractivity contribution is 0.581. The fourth-order valence-electron chi connectivity index (χ4n) is 1.38. The Balaban J connectivity index is 2.10. The lowest BCUT2D eigenvalue weighted by Crippen LogP contribution is -1.91. The molecule has 0 fully saturated rings. The molecule has 0 saturated heterocycles. The molecule has 1 aromatic carbocycles. The molecule has 0 aliphatic carbocycles. The number of nitrogen functional groups attached to an aromatic ring is 1. The third kappa shape index (κ3) is 3.17. The van der Waals surface area contributed by atoms with Gasteiger partial charge in [0.2, 0.25) is 0 Å². The summed E-state index contributed by atoms with van der Waals surface area (Å²) in [5.74, 6) is -0.672. The van der Waals surface area contributed by atoms with Gasteiger partial charge in [-0.05, 0) is 23.8 Å². The van der Waals surface area contributed by atoms with Crippen molar-refractivity contribution in [1.82, 2.24) is 4.98 Å². The molecule has 0 aliphatic heterocycles. The number of aromatic nitrogens is 1. The maximum absolute atomic E-state index is 12.9. The normalized spacial score (nSPS) is 10.5. The van der Waals surface area contributed by atoms with Crippen molar-refractivity contribution in [2.75, 3.05) is 5.73 Å². The number of nitrogens with zero attached hydrogens (tertiary/aromatic N) is 1. The number of thioether (sulfide) groups is 1. The maximum atomic E-state index is 12.9. The average Bonchev–Trinajstić information content (AvgIpc) is 2.27. The zero-order valence-electron chi connectivity index (χ0n) is 8.86. The number of nitrogens with two attached hydrogens (primary N) is 1. The highest BCUT2D eigenvalue weighted by atomic mass is 32.2. The SMILES string of the molecule is Nc1cnccc1SCc1cc(F)cc(F)c1. The highest BCUT2D eigenvalue weighted by Crippen LogP contribution is 2.27. The third-order valence-corrected chi connectivity index (χ3v) is 3.29. The first kappa shape index (κ1) is 11.9. The maximum Gasteiger partial charge on any atom is 0.126 e. The van der Waals surface area contributed by atoms with Crippen LogP contribution in [0.5, 0.6) is 0 Å². The van der Waals surface area contributed by atoms with Gasteiger partial charge in [0.15, 0.2) is 0 Å². The number of hydrogen-bond donors (Lipinski definition) is 1. The minimum absolute atomic E-state index is 0.461. The number of halogens is 2. The largest absolute Gasteiger partial charge is 0.397 e. The van der Waals surface area contributed by atoms with Crippen LogP contribution in [-0.4, -0.2) is 4.98 Å². The summed E-state index contributed by atoms with van der Waals surface area (Å²) in [5, 5.41) is 0. The van der Waals surface area contributed by atoms with Gasteiger partial charge in [0.1, 0.15) is 11.6 Å². The van der Waals surface area contributed by atoms with Gasteiger partial charge >= 0.3 is 0 Å². The molecule has 0 saturated carbocycles. The van der Waals surface area contributed by atoms with Crippen LogP contribution in [0.2, 0.25) is 0 Å². The van der Waals surface area contributed by atoms with Crippen molar-refractivity contribution in [3.8, 4) is 0 Å². The second-order valence-corrected chi connectivity index (χ2v) is 4.50. The van der Waals surface area contributed by atoms with Gasteiger partial charge in [-0.3, -0.25) is 4.98 Å². The Hall–Kier alpha value is -1.62. The zero-order valence-corrected chi connectivity index (χ0v) is 9.68. The van der Waals surface area contributed by atoms with E-state index in [1.54, 1.807) is 18.5 Å². The van der Waals surface area contributed by atoms with Crippen molar-refractivity contribution >= 4 is 17.4 Å². The van der Waals surface area contributed by atoms with E-state index < -0.39 is 11.6 Å². The van der Waals surface area contributed by atoms with E-state index in [0.717, 1.165) is 11.0 Å². The Morgan fingerprint density at radius 3 is 2.53 bits per heavy atom. The average molecular weight is 252 g/mol. The van der Waals surface area contributed by atoms with Crippen LogP contribution in [0.3, 0.4) is 0 Å². The van der Waals surface area contributed by atoms with Gasteiger partial charge in [-0.1, -0.05) is 0 Å². The van der Waals surface area contributed by atoms with Crippen LogP contribution in [0.1, 0.15) is 5.56 Å². The smallest absolute Gasteiger partial charge is 0.126 e. The first-order valence-corrected chi connectivity index (χ1v) is 5.91. The predicted octanol–water partition coefficient (Wildman–Crippen LogP) is 3.23. The Morgan fingerprint density at radius 2 is 1.88 bits per heavy atom. The molecule has 0 radical (unpaired) electrons. The number of hydrogen-bond acceptors (Lipinski definition) is 3. The highest BCUT2D eigenvalue weighted by Gasteiger charge is 2.03. The molecule has 2 N–H and O–H groups in total. The van der Waals surface area contributed by atoms with Crippen molar-refractivity contribution in [3.63, 3.8) is 0 Å². The van der Waals surface area contributed by atoms with Crippen molar-refractivity contribution in [2.24, 2.45) is 0 Å². The molecular formula is C12H10F2N2S. The van der Waals surface area contributed by atoms with Crippen molar-refractivity contribution in [1.29, 1.82) is 0 Å². The summed E-state index contributed by atoms with van der Waals surface area (Å²) in [6, 6.07) is 5.26. The van der Waals surface area contributed by atoms with Crippen molar-refractivity contribution < 1.29 is 8.78 Å². The summed E-state index contributed by atoms with van der Waals surface area (Å²) in [6.07, 6.45) is 3.18. The Bertz CT molecular complexity index is 511. The van der Waals surface area contributed by atoms with Crippen LogP contribution in [0.25, 0.3) is 0 Å². The summed E-state index contributed by atoms with van der Waals surface area (Å²) in [7, 11) is 0. The zero-order chi connectivity index (χ0) is 12.3. The molecule has 17 heavy (non-hydrogen) atoms. The van der Waals surface area contributed by atoms with E-state index in [1.807, 2.05) is 0 Å². The molecule has 0 unspecified atom stereocenters. The quantitative estimate of drug-likeness (QED) is 0.852. The van der Waals surface area contributed by atoms with Crippen molar-refractivity contribution in [3.05, 3.63) is 53.9 Å². The van der Waals surface area contributed by atoms with E-state index in [4.69, 9.17) is 5.73 Å². The Morgan fingerprint density at radius 1 is 1.18 bits per heavy atom. The fraction of sp³-hybridized carbons (Fsp3) is 0.0833. The van der Waals surface area contributed by atoms with Crippen LogP contribution in [0.4, 0.5) is 14.5 Å². The van der Waals surface area contributed by atoms with Gasteiger partial charge in [0.25, 0.3) is 0 Å². The van der Waals surface area contributed by atoms with Gasteiger partial charge in [0.05, 0.1) is 11.9 Å². The second kappa shape index (κ2) is 5.14. The molecule has 2 nitrogen and oxygen atoms in total. The van der Waals surface area contributed by atoms with Gasteiger partial charge < -0.3 is 5.73 Å². The molecule has 2 rings (SSSR count). The molecule has 0 aliphatic rings. The molecule has 2 aromatic rings. The highest BCUT2D eigenvalue weighted by molar-refractivity contribution is 7.98. The summed E-state index contributed by atoms with van der Waals surface area (Å²) in [5.41, 5.74) is 6.86. The second-order valence-electron chi connectivity index (χ2n) is 3.48. The molecule has 0 bridgehead atoms. The van der Waals surface area contributed by atoms with E-state index in [1.165, 1.54) is 23.9 Å². The van der Waals surface area contributed by atoms with E-state index >= 15 is 0 Å². The van der Waals surface area contributed by atoms with Gasteiger partial charge in [0, 0.05) is 22.9 Å². The molecule has 88 valence electrons. The van der Waals surface area contributed by atoms with Gasteiger partial charge in [-0.2, -0.15) is 0 Å². The molecule has 0 spiro atoms. The van der Waals surface area contributed by atoms with Crippen LogP contribution >= 0.6 is 11.8 Å². The number of anilines is 1. The fourth-order valence-corrected chi connectivity index (χ4v) is 2.25. The lowest BCUT2D eigenvalue weighted by atomic mass is 10.2. The molecule has 1 aromatic heterocycles. The first-order valence-electron chi connectivity index (χ1n) is 4.92. The molecule has 0 amide bonds. The monoisotopic (exact) mass is 252 g/mol. The topological polar surface area (TPSA) is 38.9 Å². The number of pyridine rings is 1. The summed E-state index contributed by atoms with van der Waals surface area (Å²) in [4.78, 5) is 4.72. The van der Waals surface area contributed by atoms with E-state index in [0.29, 0.717) is 17.0 Å². The third-order valence-electron chi connectivity index (χ3n) is 2.13. The number of benzene rings is 1. The first-order chi connectivity index (χ1) is 8.15. The Kier molecular flexibility index (Phi) is 3.58. The molecule has 0 atom stereocenters. The van der Waals surface area contributed by atoms with Crippen LogP contribution < -0.4 is 5.73 Å². The standard InChI is InChI=1S/C12H10F2N2S/c13-9-3-8(4-10(14)5-9)7-17-12-1-2-16-6-11(12)15/h1-6H,7,15H2. The molecule has 1 heterocycles. The predicted molar refractivity (Wildman–Crippen MR) is 64.6 cm³/mol. The van der Waals surface area contributed by atoms with Crippen molar-refractivity contribution in [2.45, 2.75) is 10.6 Å². The summed E-state index contributed by atoms with van der Waals surface area (Å²) in [6.45, 7) is 0. The van der Waals surface area contributed by atoms with E-state index in [9.17, 15) is 8.78 Å². The summed E-state index contributed by atoms with van der Waals surface area (Å²) >= 11 is 1.42. The van der Waals surface area contributed by atoms with Gasteiger partial charge in [-0.15, -0.1) is 11.8 Å². The minimum Gasteiger partial charge on any atom is -0.397 e. The molecular weight excluding hydrogens is 242 g/mol. The van der Waals surface area contributed by atoms with Gasteiger partial charge in [-0.25, -0.2) is 8.78 Å².